The molecule has 0 N–H and O–H groups in total. The molecule has 0 spiro atoms. The first-order chi connectivity index (χ1) is 14.0. The van der Waals surface area contributed by atoms with E-state index < -0.39 is 33.4 Å². The van der Waals surface area contributed by atoms with Gasteiger partial charge in [0.05, 0.1) is 6.61 Å². The van der Waals surface area contributed by atoms with Gasteiger partial charge in [-0.3, -0.25) is 0 Å². The number of hydrogen-bond acceptors (Lipinski definition) is 6. The molecule has 6 nitrogen and oxygen atoms in total. The summed E-state index contributed by atoms with van der Waals surface area (Å²) in [6, 6.07) is 7.78. The number of rotatable bonds is 9. The summed E-state index contributed by atoms with van der Waals surface area (Å²) in [4.78, 5) is 12.6. The van der Waals surface area contributed by atoms with Crippen molar-refractivity contribution in [3.8, 4) is 5.75 Å². The molecule has 0 aromatic heterocycles. The molecule has 166 valence electrons. The lowest BCUT2D eigenvalue weighted by molar-refractivity contribution is -0.157. The Morgan fingerprint density at radius 2 is 1.83 bits per heavy atom. The van der Waals surface area contributed by atoms with Gasteiger partial charge >= 0.3 is 21.6 Å². The van der Waals surface area contributed by atoms with Crippen LogP contribution in [0, 0.1) is 6.92 Å². The fourth-order valence-electron chi connectivity index (χ4n) is 2.87. The molecule has 30 heavy (non-hydrogen) atoms. The number of carbonyl (C=O) groups is 1. The molecule has 2 aromatic rings. The molecule has 0 aliphatic rings. The van der Waals surface area contributed by atoms with Crippen molar-refractivity contribution in [1.29, 1.82) is 0 Å². The summed E-state index contributed by atoms with van der Waals surface area (Å²) >= 11 is 0. The number of ether oxygens (including phenoxy) is 2. The fraction of sp³-hybridized carbons (Fsp3) is 0.450. The largest absolute Gasteiger partial charge is 0.534 e. The molecule has 0 aliphatic heterocycles. The van der Waals surface area contributed by atoms with Crippen LogP contribution in [0.5, 0.6) is 5.75 Å². The van der Waals surface area contributed by atoms with Gasteiger partial charge in [-0.1, -0.05) is 43.7 Å². The molecular weight excluding hydrogens is 425 g/mol. The van der Waals surface area contributed by atoms with Gasteiger partial charge in [0.25, 0.3) is 0 Å². The van der Waals surface area contributed by atoms with Crippen LogP contribution < -0.4 is 4.18 Å². The number of hydrogen-bond donors (Lipinski definition) is 0. The summed E-state index contributed by atoms with van der Waals surface area (Å²) in [6.45, 7) is 5.13. The SMILES string of the molecule is CCCCO[C@H](C(=O)OCC)c1c(C)cc2ccccc2c1OS(=O)(=O)C(F)(F)F. The molecule has 0 fully saturated rings. The van der Waals surface area contributed by atoms with E-state index in [1.165, 1.54) is 19.1 Å². The molecule has 0 amide bonds. The van der Waals surface area contributed by atoms with Gasteiger partial charge in [0, 0.05) is 17.6 Å². The quantitative estimate of drug-likeness (QED) is 0.237. The normalized spacial score (nSPS) is 13.3. The number of aryl methyl sites for hydroxylation is 1. The topological polar surface area (TPSA) is 78.9 Å². The minimum Gasteiger partial charge on any atom is -0.464 e. The number of benzene rings is 2. The number of carbonyl (C=O) groups excluding carboxylic acids is 1. The van der Waals surface area contributed by atoms with Gasteiger partial charge in [-0.25, -0.2) is 4.79 Å². The van der Waals surface area contributed by atoms with Crippen molar-refractivity contribution in [2.24, 2.45) is 0 Å². The second kappa shape index (κ2) is 9.65. The van der Waals surface area contributed by atoms with Crippen LogP contribution in [-0.4, -0.2) is 33.1 Å². The lowest BCUT2D eigenvalue weighted by atomic mass is 9.96. The van der Waals surface area contributed by atoms with E-state index in [0.717, 1.165) is 6.42 Å². The van der Waals surface area contributed by atoms with E-state index in [-0.39, 0.29) is 24.2 Å². The van der Waals surface area contributed by atoms with Crippen molar-refractivity contribution in [3.05, 3.63) is 41.5 Å². The molecule has 0 bridgehead atoms. The molecule has 0 heterocycles. The van der Waals surface area contributed by atoms with Crippen LogP contribution in [0.4, 0.5) is 13.2 Å². The molecule has 0 aliphatic carbocycles. The Morgan fingerprint density at radius 3 is 2.43 bits per heavy atom. The van der Waals surface area contributed by atoms with Crippen LogP contribution in [-0.2, 0) is 24.4 Å². The van der Waals surface area contributed by atoms with E-state index in [9.17, 15) is 26.4 Å². The van der Waals surface area contributed by atoms with Crippen molar-refractivity contribution >= 4 is 26.9 Å². The number of fused-ring (bicyclic) bond motifs is 1. The van der Waals surface area contributed by atoms with Gasteiger partial charge in [-0.15, -0.1) is 0 Å². The van der Waals surface area contributed by atoms with E-state index in [2.05, 4.69) is 4.18 Å². The smallest absolute Gasteiger partial charge is 0.464 e. The third-order valence-corrected chi connectivity index (χ3v) is 5.22. The van der Waals surface area contributed by atoms with E-state index in [1.807, 2.05) is 6.92 Å². The summed E-state index contributed by atoms with van der Waals surface area (Å²) in [7, 11) is -5.99. The first kappa shape index (κ1) is 23.9. The van der Waals surface area contributed by atoms with Crippen LogP contribution in [0.25, 0.3) is 10.8 Å². The number of unbranched alkanes of at least 4 members (excludes halogenated alkanes) is 1. The average Bonchev–Trinajstić information content (AvgIpc) is 2.65. The maximum atomic E-state index is 13.0. The molecule has 2 aromatic carbocycles. The molecular formula is C20H23F3O6S. The van der Waals surface area contributed by atoms with Gasteiger partial charge in [0.1, 0.15) is 0 Å². The first-order valence-electron chi connectivity index (χ1n) is 9.34. The highest BCUT2D eigenvalue weighted by Gasteiger charge is 2.49. The van der Waals surface area contributed by atoms with E-state index >= 15 is 0 Å². The van der Waals surface area contributed by atoms with E-state index in [1.54, 1.807) is 25.1 Å². The Morgan fingerprint density at radius 1 is 1.17 bits per heavy atom. The standard InChI is InChI=1S/C20H23F3O6S/c1-4-6-11-28-18(19(24)27-5-2)16-13(3)12-14-9-7-8-10-15(14)17(16)29-30(25,26)20(21,22)23/h7-10,12,18H,4-6,11H2,1-3H3/t18-/m0/s1. The molecule has 0 unspecified atom stereocenters. The maximum Gasteiger partial charge on any atom is 0.534 e. The van der Waals surface area contributed by atoms with Crippen molar-refractivity contribution < 1.29 is 40.0 Å². The summed E-state index contributed by atoms with van der Waals surface area (Å²) < 4.78 is 77.9. The monoisotopic (exact) mass is 448 g/mol. The second-order valence-corrected chi connectivity index (χ2v) is 8.03. The third-order valence-electron chi connectivity index (χ3n) is 4.27. The summed E-state index contributed by atoms with van der Waals surface area (Å²) in [5.74, 6) is -1.45. The summed E-state index contributed by atoms with van der Waals surface area (Å²) in [5, 5.41) is 0.543. The Hall–Kier alpha value is -2.33. The van der Waals surface area contributed by atoms with Crippen molar-refractivity contribution in [2.45, 2.75) is 45.2 Å². The maximum absolute atomic E-state index is 13.0. The minimum atomic E-state index is -5.99. The van der Waals surface area contributed by atoms with Crippen molar-refractivity contribution in [1.82, 2.24) is 0 Å². The first-order valence-corrected chi connectivity index (χ1v) is 10.8. The molecule has 0 saturated carbocycles. The highest BCUT2D eigenvalue weighted by Crippen LogP contribution is 2.41. The molecule has 2 rings (SSSR count). The number of halogens is 3. The van der Waals surface area contributed by atoms with Gasteiger partial charge in [-0.05, 0) is 31.2 Å². The molecule has 10 heteroatoms. The average molecular weight is 448 g/mol. The predicted molar refractivity (Wildman–Crippen MR) is 105 cm³/mol. The van der Waals surface area contributed by atoms with Crippen LogP contribution in [0.1, 0.15) is 43.9 Å². The Bertz CT molecular complexity index is 1000. The Labute approximate surface area is 173 Å². The Kier molecular flexibility index (Phi) is 7.70. The molecule has 0 radical (unpaired) electrons. The molecule has 0 saturated heterocycles. The van der Waals surface area contributed by atoms with Gasteiger partial charge in [0.2, 0.25) is 0 Å². The highest BCUT2D eigenvalue weighted by molar-refractivity contribution is 7.88. The fourth-order valence-corrected chi connectivity index (χ4v) is 3.36. The number of alkyl halides is 3. The highest BCUT2D eigenvalue weighted by atomic mass is 32.2. The number of esters is 1. The predicted octanol–water partition coefficient (Wildman–Crippen LogP) is 4.80. The lowest BCUT2D eigenvalue weighted by Gasteiger charge is -2.23. The Balaban J connectivity index is 2.74. The zero-order chi connectivity index (χ0) is 22.5. The van der Waals surface area contributed by atoms with Gasteiger partial charge < -0.3 is 13.7 Å². The zero-order valence-electron chi connectivity index (χ0n) is 16.8. The third kappa shape index (κ3) is 5.23. The van der Waals surface area contributed by atoms with Crippen molar-refractivity contribution in [2.75, 3.05) is 13.2 Å². The zero-order valence-corrected chi connectivity index (χ0v) is 17.6. The van der Waals surface area contributed by atoms with Gasteiger partial charge in [0.15, 0.2) is 11.9 Å². The van der Waals surface area contributed by atoms with E-state index in [4.69, 9.17) is 9.47 Å². The van der Waals surface area contributed by atoms with Crippen LogP contribution in [0.2, 0.25) is 0 Å². The lowest BCUT2D eigenvalue weighted by Crippen LogP contribution is -2.29. The summed E-state index contributed by atoms with van der Waals surface area (Å²) in [6.07, 6.45) is -0.114. The second-order valence-electron chi connectivity index (χ2n) is 6.50. The summed E-state index contributed by atoms with van der Waals surface area (Å²) in [5.41, 5.74) is -5.43. The van der Waals surface area contributed by atoms with Crippen LogP contribution in [0.3, 0.4) is 0 Å². The van der Waals surface area contributed by atoms with Gasteiger partial charge in [-0.2, -0.15) is 21.6 Å². The minimum absolute atomic E-state index is 0.0101. The van der Waals surface area contributed by atoms with Crippen LogP contribution in [0.15, 0.2) is 30.3 Å². The van der Waals surface area contributed by atoms with Crippen molar-refractivity contribution in [3.63, 3.8) is 0 Å². The van der Waals surface area contributed by atoms with Crippen LogP contribution >= 0.6 is 0 Å². The van der Waals surface area contributed by atoms with E-state index in [0.29, 0.717) is 17.4 Å². The molecule has 1 atom stereocenters.